The standard InChI is InChI=1S/C17H26O2/c1-2-14-9-11-15(12-10-14)17(18)13-19-16-7-5-3-4-6-8-16/h9-12,16-18H,2-8,13H2,1H3. The zero-order valence-corrected chi connectivity index (χ0v) is 12.0. The highest BCUT2D eigenvalue weighted by Crippen LogP contribution is 2.22. The molecule has 1 aromatic rings. The molecule has 1 fully saturated rings. The first kappa shape index (κ1) is 14.5. The molecule has 1 aliphatic carbocycles. The van der Waals surface area contributed by atoms with Crippen molar-refractivity contribution in [2.45, 2.75) is 64.1 Å². The molecule has 0 aliphatic heterocycles. The predicted octanol–water partition coefficient (Wildman–Crippen LogP) is 4.02. The van der Waals surface area contributed by atoms with Crippen LogP contribution >= 0.6 is 0 Å². The number of ether oxygens (including phenoxy) is 1. The second-order valence-electron chi connectivity index (χ2n) is 5.56. The van der Waals surface area contributed by atoms with E-state index in [0.29, 0.717) is 12.7 Å². The number of aliphatic hydroxyl groups is 1. The van der Waals surface area contributed by atoms with Crippen LogP contribution in [0.15, 0.2) is 24.3 Å². The van der Waals surface area contributed by atoms with Gasteiger partial charge in [-0.25, -0.2) is 0 Å². The Hall–Kier alpha value is -0.860. The second kappa shape index (κ2) is 7.66. The lowest BCUT2D eigenvalue weighted by Gasteiger charge is -2.18. The van der Waals surface area contributed by atoms with Gasteiger partial charge in [0.25, 0.3) is 0 Å². The van der Waals surface area contributed by atoms with Crippen molar-refractivity contribution in [1.82, 2.24) is 0 Å². The van der Waals surface area contributed by atoms with Crippen molar-refractivity contribution >= 4 is 0 Å². The van der Waals surface area contributed by atoms with E-state index >= 15 is 0 Å². The maximum absolute atomic E-state index is 10.2. The number of rotatable bonds is 5. The van der Waals surface area contributed by atoms with Gasteiger partial charge in [-0.05, 0) is 30.4 Å². The molecular weight excluding hydrogens is 236 g/mol. The third-order valence-corrected chi connectivity index (χ3v) is 4.06. The van der Waals surface area contributed by atoms with E-state index in [0.717, 1.165) is 24.8 Å². The third-order valence-electron chi connectivity index (χ3n) is 4.06. The second-order valence-corrected chi connectivity index (χ2v) is 5.56. The molecule has 0 aromatic heterocycles. The van der Waals surface area contributed by atoms with Crippen molar-refractivity contribution in [3.63, 3.8) is 0 Å². The molecule has 1 aliphatic rings. The molecule has 1 unspecified atom stereocenters. The van der Waals surface area contributed by atoms with E-state index in [9.17, 15) is 5.11 Å². The van der Waals surface area contributed by atoms with E-state index < -0.39 is 6.10 Å². The SMILES string of the molecule is CCc1ccc(C(O)COC2CCCCCC2)cc1. The summed E-state index contributed by atoms with van der Waals surface area (Å²) in [5, 5.41) is 10.2. The van der Waals surface area contributed by atoms with Gasteiger partial charge in [0.1, 0.15) is 6.10 Å². The molecule has 2 nitrogen and oxygen atoms in total. The largest absolute Gasteiger partial charge is 0.386 e. The summed E-state index contributed by atoms with van der Waals surface area (Å²) in [6, 6.07) is 8.20. The first-order valence-corrected chi connectivity index (χ1v) is 7.68. The molecule has 0 radical (unpaired) electrons. The summed E-state index contributed by atoms with van der Waals surface area (Å²) < 4.78 is 5.89. The number of aryl methyl sites for hydroxylation is 1. The van der Waals surface area contributed by atoms with Crippen molar-refractivity contribution < 1.29 is 9.84 Å². The lowest BCUT2D eigenvalue weighted by atomic mass is 10.1. The summed E-state index contributed by atoms with van der Waals surface area (Å²) in [4.78, 5) is 0. The molecule has 1 saturated carbocycles. The van der Waals surface area contributed by atoms with Gasteiger partial charge in [0.2, 0.25) is 0 Å². The van der Waals surface area contributed by atoms with Crippen LogP contribution in [-0.4, -0.2) is 17.8 Å². The number of hydrogen-bond acceptors (Lipinski definition) is 2. The van der Waals surface area contributed by atoms with Crippen molar-refractivity contribution in [3.05, 3.63) is 35.4 Å². The maximum Gasteiger partial charge on any atom is 0.102 e. The molecule has 1 aromatic carbocycles. The third kappa shape index (κ3) is 4.63. The number of benzene rings is 1. The molecule has 0 saturated heterocycles. The van der Waals surface area contributed by atoms with Crippen LogP contribution in [0.2, 0.25) is 0 Å². The molecule has 2 heteroatoms. The smallest absolute Gasteiger partial charge is 0.102 e. The van der Waals surface area contributed by atoms with Crippen LogP contribution in [0.4, 0.5) is 0 Å². The van der Waals surface area contributed by atoms with Gasteiger partial charge in [-0.15, -0.1) is 0 Å². The Kier molecular flexibility index (Phi) is 5.87. The monoisotopic (exact) mass is 262 g/mol. The van der Waals surface area contributed by atoms with Crippen LogP contribution in [-0.2, 0) is 11.2 Å². The molecular formula is C17H26O2. The highest BCUT2D eigenvalue weighted by molar-refractivity contribution is 5.24. The molecule has 19 heavy (non-hydrogen) atoms. The molecule has 2 rings (SSSR count). The normalized spacial score (nSPS) is 19.1. The van der Waals surface area contributed by atoms with Crippen molar-refractivity contribution in [2.75, 3.05) is 6.61 Å². The fraction of sp³-hybridized carbons (Fsp3) is 0.647. The zero-order valence-electron chi connectivity index (χ0n) is 12.0. The highest BCUT2D eigenvalue weighted by atomic mass is 16.5. The first-order chi connectivity index (χ1) is 9.29. The molecule has 0 amide bonds. The Morgan fingerprint density at radius 2 is 1.74 bits per heavy atom. The van der Waals surface area contributed by atoms with Crippen molar-refractivity contribution in [2.24, 2.45) is 0 Å². The molecule has 1 N–H and O–H groups in total. The summed E-state index contributed by atoms with van der Waals surface area (Å²) in [5.74, 6) is 0. The zero-order chi connectivity index (χ0) is 13.5. The maximum atomic E-state index is 10.2. The van der Waals surface area contributed by atoms with E-state index in [1.54, 1.807) is 0 Å². The van der Waals surface area contributed by atoms with Crippen LogP contribution in [0.3, 0.4) is 0 Å². The van der Waals surface area contributed by atoms with E-state index in [1.807, 2.05) is 12.1 Å². The van der Waals surface area contributed by atoms with Gasteiger partial charge in [0, 0.05) is 0 Å². The van der Waals surface area contributed by atoms with Crippen LogP contribution in [0, 0.1) is 0 Å². The molecule has 0 bridgehead atoms. The Bertz CT molecular complexity index is 350. The van der Waals surface area contributed by atoms with Crippen molar-refractivity contribution in [3.8, 4) is 0 Å². The lowest BCUT2D eigenvalue weighted by molar-refractivity contribution is -0.0159. The fourth-order valence-corrected chi connectivity index (χ4v) is 2.71. The average molecular weight is 262 g/mol. The quantitative estimate of drug-likeness (QED) is 0.812. The summed E-state index contributed by atoms with van der Waals surface area (Å²) in [7, 11) is 0. The minimum atomic E-state index is -0.492. The fourth-order valence-electron chi connectivity index (χ4n) is 2.71. The lowest BCUT2D eigenvalue weighted by Crippen LogP contribution is -2.16. The van der Waals surface area contributed by atoms with Gasteiger partial charge >= 0.3 is 0 Å². The number of aliphatic hydroxyl groups excluding tert-OH is 1. The minimum Gasteiger partial charge on any atom is -0.386 e. The van der Waals surface area contributed by atoms with Gasteiger partial charge in [0.05, 0.1) is 12.7 Å². The molecule has 0 spiro atoms. The average Bonchev–Trinajstić information content (AvgIpc) is 2.73. The Morgan fingerprint density at radius 3 is 2.32 bits per heavy atom. The van der Waals surface area contributed by atoms with Gasteiger partial charge < -0.3 is 9.84 Å². The molecule has 0 heterocycles. The van der Waals surface area contributed by atoms with Gasteiger partial charge in [-0.1, -0.05) is 56.9 Å². The van der Waals surface area contributed by atoms with E-state index in [1.165, 1.54) is 31.2 Å². The van der Waals surface area contributed by atoms with Gasteiger partial charge in [-0.2, -0.15) is 0 Å². The summed E-state index contributed by atoms with van der Waals surface area (Å²) in [6.07, 6.45) is 8.42. The Morgan fingerprint density at radius 1 is 1.11 bits per heavy atom. The van der Waals surface area contributed by atoms with Gasteiger partial charge in [-0.3, -0.25) is 0 Å². The summed E-state index contributed by atoms with van der Waals surface area (Å²) in [5.41, 5.74) is 2.27. The summed E-state index contributed by atoms with van der Waals surface area (Å²) >= 11 is 0. The predicted molar refractivity (Wildman–Crippen MR) is 78.2 cm³/mol. The van der Waals surface area contributed by atoms with Crippen molar-refractivity contribution in [1.29, 1.82) is 0 Å². The Balaban J connectivity index is 1.80. The van der Waals surface area contributed by atoms with E-state index in [4.69, 9.17) is 4.74 Å². The molecule has 106 valence electrons. The highest BCUT2D eigenvalue weighted by Gasteiger charge is 2.15. The van der Waals surface area contributed by atoms with Gasteiger partial charge in [0.15, 0.2) is 0 Å². The topological polar surface area (TPSA) is 29.5 Å². The summed E-state index contributed by atoms with van der Waals surface area (Å²) in [6.45, 7) is 2.57. The minimum absolute atomic E-state index is 0.354. The molecule has 1 atom stereocenters. The van der Waals surface area contributed by atoms with Crippen LogP contribution in [0.5, 0.6) is 0 Å². The Labute approximate surface area is 116 Å². The van der Waals surface area contributed by atoms with Crippen LogP contribution in [0.1, 0.15) is 62.7 Å². The van der Waals surface area contributed by atoms with Crippen LogP contribution in [0.25, 0.3) is 0 Å². The first-order valence-electron chi connectivity index (χ1n) is 7.68. The van der Waals surface area contributed by atoms with E-state index in [2.05, 4.69) is 19.1 Å². The van der Waals surface area contributed by atoms with Crippen LogP contribution < -0.4 is 0 Å². The van der Waals surface area contributed by atoms with E-state index in [-0.39, 0.29) is 0 Å². The number of hydrogen-bond donors (Lipinski definition) is 1.